The third kappa shape index (κ3) is 1.60. The highest BCUT2D eigenvalue weighted by atomic mass is 32.2. The lowest BCUT2D eigenvalue weighted by Crippen LogP contribution is -2.18. The highest BCUT2D eigenvalue weighted by Gasteiger charge is 2.23. The van der Waals surface area contributed by atoms with E-state index in [1.54, 1.807) is 6.07 Å². The predicted molar refractivity (Wildman–Crippen MR) is 69.8 cm³/mol. The number of phenolic OH excluding ortho intramolecular Hbond substituents is 1. The molecule has 2 N–H and O–H groups in total. The van der Waals surface area contributed by atoms with E-state index in [0.717, 1.165) is 10.6 Å². The Bertz CT molecular complexity index is 631. The lowest BCUT2D eigenvalue weighted by Gasteiger charge is -2.29. The third-order valence-electron chi connectivity index (χ3n) is 2.74. The Morgan fingerprint density at radius 1 is 1.28 bits per heavy atom. The van der Waals surface area contributed by atoms with Crippen molar-refractivity contribution in [3.05, 3.63) is 53.2 Å². The number of phenols is 1. The molecule has 2 aliphatic heterocycles. The van der Waals surface area contributed by atoms with Crippen LogP contribution in [-0.2, 0) is 0 Å². The van der Waals surface area contributed by atoms with Crippen LogP contribution in [0.4, 0.5) is 5.69 Å². The number of benzene rings is 1. The van der Waals surface area contributed by atoms with Crippen LogP contribution in [0.2, 0.25) is 0 Å². The number of thioether (sulfide) groups is 1. The zero-order valence-electron chi connectivity index (χ0n) is 9.20. The molecule has 0 spiro atoms. The van der Waals surface area contributed by atoms with Crippen molar-refractivity contribution < 1.29 is 15.0 Å². The van der Waals surface area contributed by atoms with Crippen LogP contribution in [0.3, 0.4) is 0 Å². The highest BCUT2D eigenvalue weighted by Crippen LogP contribution is 2.45. The van der Waals surface area contributed by atoms with Gasteiger partial charge in [0, 0.05) is 16.5 Å². The van der Waals surface area contributed by atoms with Gasteiger partial charge < -0.3 is 15.1 Å². The first-order chi connectivity index (χ1) is 8.66. The van der Waals surface area contributed by atoms with Gasteiger partial charge in [-0.1, -0.05) is 17.8 Å². The van der Waals surface area contributed by atoms with Crippen molar-refractivity contribution in [1.82, 2.24) is 0 Å². The van der Waals surface area contributed by atoms with Gasteiger partial charge in [0.2, 0.25) is 0 Å². The van der Waals surface area contributed by atoms with Crippen LogP contribution in [0, 0.1) is 0 Å². The van der Waals surface area contributed by atoms with Gasteiger partial charge in [-0.3, -0.25) is 0 Å². The summed E-state index contributed by atoms with van der Waals surface area (Å²) in [6.07, 6.45) is 7.54. The van der Waals surface area contributed by atoms with Gasteiger partial charge >= 0.3 is 5.97 Å². The first-order valence-corrected chi connectivity index (χ1v) is 6.16. The molecule has 0 bridgehead atoms. The summed E-state index contributed by atoms with van der Waals surface area (Å²) in [5, 5.41) is 20.9. The van der Waals surface area contributed by atoms with E-state index in [1.165, 1.54) is 17.8 Å². The number of nitrogens with zero attached hydrogens (tertiary/aromatic N) is 1. The second-order valence-electron chi connectivity index (χ2n) is 3.88. The van der Waals surface area contributed by atoms with Crippen LogP contribution in [0.25, 0.3) is 0 Å². The molecule has 18 heavy (non-hydrogen) atoms. The van der Waals surface area contributed by atoms with Crippen molar-refractivity contribution in [3.63, 3.8) is 0 Å². The van der Waals surface area contributed by atoms with Crippen molar-refractivity contribution in [3.8, 4) is 5.75 Å². The van der Waals surface area contributed by atoms with E-state index < -0.39 is 5.97 Å². The average Bonchev–Trinajstić information content (AvgIpc) is 2.37. The number of fused-ring (bicyclic) bond motifs is 3. The summed E-state index contributed by atoms with van der Waals surface area (Å²) >= 11 is 1.41. The fraction of sp³-hybridized carbons (Fsp3) is 0. The average molecular weight is 259 g/mol. The lowest BCUT2D eigenvalue weighted by atomic mass is 10.1. The standard InChI is InChI=1S/C13H9NO3S/c15-10-5-8(13(16)17)6-11-12(10)14-4-2-1-3-9(14)7-18-11/h1-7,15H,(H,16,17). The number of aromatic carboxylic acids is 1. The van der Waals surface area contributed by atoms with E-state index in [-0.39, 0.29) is 11.3 Å². The Kier molecular flexibility index (Phi) is 2.41. The first-order valence-electron chi connectivity index (χ1n) is 5.28. The van der Waals surface area contributed by atoms with Crippen LogP contribution in [0.15, 0.2) is 52.6 Å². The van der Waals surface area contributed by atoms with Crippen LogP contribution in [0.1, 0.15) is 10.4 Å². The molecule has 0 saturated carbocycles. The minimum absolute atomic E-state index is 0.0250. The van der Waals surface area contributed by atoms with Gasteiger partial charge in [-0.05, 0) is 24.3 Å². The Labute approximate surface area is 108 Å². The predicted octanol–water partition coefficient (Wildman–Crippen LogP) is 2.93. The number of carboxylic acids is 1. The summed E-state index contributed by atoms with van der Waals surface area (Å²) < 4.78 is 0. The number of hydrogen-bond acceptors (Lipinski definition) is 4. The second-order valence-corrected chi connectivity index (χ2v) is 4.79. The SMILES string of the molecule is O=C(O)c1cc(O)c2c(c1)SC=C1C=CC=CN12. The van der Waals surface area contributed by atoms with Crippen molar-refractivity contribution >= 4 is 23.4 Å². The summed E-state index contributed by atoms with van der Waals surface area (Å²) in [5.74, 6) is -1.07. The molecule has 4 nitrogen and oxygen atoms in total. The van der Waals surface area contributed by atoms with Gasteiger partial charge in [0.05, 0.1) is 11.3 Å². The maximum atomic E-state index is 10.9. The van der Waals surface area contributed by atoms with Gasteiger partial charge in [0.1, 0.15) is 11.4 Å². The number of carbonyl (C=O) groups is 1. The van der Waals surface area contributed by atoms with E-state index in [4.69, 9.17) is 5.11 Å². The summed E-state index contributed by atoms with van der Waals surface area (Å²) in [6, 6.07) is 2.85. The van der Waals surface area contributed by atoms with Gasteiger partial charge in [0.15, 0.2) is 0 Å². The van der Waals surface area contributed by atoms with Crippen molar-refractivity contribution in [2.24, 2.45) is 0 Å². The van der Waals surface area contributed by atoms with E-state index in [2.05, 4.69) is 0 Å². The molecule has 1 aromatic rings. The molecule has 3 rings (SSSR count). The summed E-state index contributed by atoms with van der Waals surface area (Å²) in [6.45, 7) is 0. The number of aromatic hydroxyl groups is 1. The molecule has 0 radical (unpaired) electrons. The van der Waals surface area contributed by atoms with Gasteiger partial charge in [-0.2, -0.15) is 0 Å². The molecule has 0 aliphatic carbocycles. The molecule has 0 amide bonds. The minimum atomic E-state index is -1.04. The van der Waals surface area contributed by atoms with Crippen molar-refractivity contribution in [2.75, 3.05) is 4.90 Å². The number of anilines is 1. The van der Waals surface area contributed by atoms with Crippen molar-refractivity contribution in [1.29, 1.82) is 0 Å². The fourth-order valence-electron chi connectivity index (χ4n) is 1.93. The molecule has 5 heteroatoms. The molecule has 0 saturated heterocycles. The number of rotatable bonds is 1. The molecule has 1 aromatic carbocycles. The van der Waals surface area contributed by atoms with Gasteiger partial charge in [0.25, 0.3) is 0 Å². The summed E-state index contributed by atoms with van der Waals surface area (Å²) in [7, 11) is 0. The fourth-order valence-corrected chi connectivity index (χ4v) is 2.88. The lowest BCUT2D eigenvalue weighted by molar-refractivity contribution is 0.0696. The Balaban J connectivity index is 2.16. The van der Waals surface area contributed by atoms with Crippen LogP contribution in [0.5, 0.6) is 5.75 Å². The van der Waals surface area contributed by atoms with E-state index in [9.17, 15) is 9.90 Å². The molecule has 0 unspecified atom stereocenters. The Hall–Kier alpha value is -2.14. The highest BCUT2D eigenvalue weighted by molar-refractivity contribution is 8.02. The number of hydrogen-bond donors (Lipinski definition) is 2. The van der Waals surface area contributed by atoms with Crippen LogP contribution in [-0.4, -0.2) is 16.2 Å². The molecule has 0 atom stereocenters. The molecule has 0 fully saturated rings. The van der Waals surface area contributed by atoms with Gasteiger partial charge in [-0.25, -0.2) is 4.79 Å². The van der Waals surface area contributed by atoms with E-state index in [0.29, 0.717) is 5.69 Å². The van der Waals surface area contributed by atoms with Crippen LogP contribution >= 0.6 is 11.8 Å². The molecule has 2 heterocycles. The summed E-state index contributed by atoms with van der Waals surface area (Å²) in [4.78, 5) is 13.5. The second kappa shape index (κ2) is 3.96. The number of carboxylic acid groups (broad SMARTS) is 1. The zero-order chi connectivity index (χ0) is 12.7. The zero-order valence-corrected chi connectivity index (χ0v) is 10.0. The quantitative estimate of drug-likeness (QED) is 0.812. The Morgan fingerprint density at radius 3 is 2.89 bits per heavy atom. The maximum absolute atomic E-state index is 10.9. The molecular formula is C13H9NO3S. The molecule has 2 aliphatic rings. The summed E-state index contributed by atoms with van der Waals surface area (Å²) in [5.41, 5.74) is 1.67. The molecule has 90 valence electrons. The van der Waals surface area contributed by atoms with Crippen molar-refractivity contribution in [2.45, 2.75) is 4.90 Å². The topological polar surface area (TPSA) is 60.8 Å². The largest absolute Gasteiger partial charge is 0.506 e. The normalized spacial score (nSPS) is 16.0. The monoisotopic (exact) mass is 259 g/mol. The number of allylic oxidation sites excluding steroid dienone is 3. The van der Waals surface area contributed by atoms with E-state index in [1.807, 2.05) is 34.7 Å². The first kappa shape index (κ1) is 11.0. The smallest absolute Gasteiger partial charge is 0.335 e. The van der Waals surface area contributed by atoms with Crippen LogP contribution < -0.4 is 4.90 Å². The van der Waals surface area contributed by atoms with E-state index >= 15 is 0 Å². The molecule has 0 aromatic heterocycles. The minimum Gasteiger partial charge on any atom is -0.506 e. The van der Waals surface area contributed by atoms with Gasteiger partial charge in [-0.15, -0.1) is 0 Å². The maximum Gasteiger partial charge on any atom is 0.335 e. The third-order valence-corrected chi connectivity index (χ3v) is 3.67. The molecular weight excluding hydrogens is 250 g/mol. The Morgan fingerprint density at radius 2 is 2.11 bits per heavy atom.